The van der Waals surface area contributed by atoms with Crippen molar-refractivity contribution in [1.82, 2.24) is 5.43 Å². The molecule has 0 bridgehead atoms. The van der Waals surface area contributed by atoms with E-state index in [1.165, 1.54) is 37.7 Å². The Balaban J connectivity index is 2.65. The molecule has 2 unspecified atom stereocenters. The fraction of sp³-hybridized carbons (Fsp3) is 0.846. The van der Waals surface area contributed by atoms with E-state index in [9.17, 15) is 0 Å². The topological polar surface area (TPSA) is 47.3 Å². The lowest BCUT2D eigenvalue weighted by Crippen LogP contribution is -2.46. The summed E-state index contributed by atoms with van der Waals surface area (Å²) in [7, 11) is 1.78. The van der Waals surface area contributed by atoms with Gasteiger partial charge in [0, 0.05) is 7.11 Å². The molecule has 1 rings (SSSR count). The predicted octanol–water partition coefficient (Wildman–Crippen LogP) is 2.52. The zero-order valence-electron chi connectivity index (χ0n) is 10.7. The molecule has 2 atom stereocenters. The molecule has 3 heteroatoms. The first-order valence-corrected chi connectivity index (χ1v) is 6.51. The van der Waals surface area contributed by atoms with E-state index in [1.807, 2.05) is 0 Å². The number of hydrogen-bond donors (Lipinski definition) is 2. The summed E-state index contributed by atoms with van der Waals surface area (Å²) >= 11 is 0. The van der Waals surface area contributed by atoms with Crippen LogP contribution >= 0.6 is 0 Å². The number of nitrogens with one attached hydrogen (secondary N) is 1. The molecule has 3 N–H and O–H groups in total. The predicted molar refractivity (Wildman–Crippen MR) is 68.0 cm³/mol. The molecule has 0 aliphatic heterocycles. The van der Waals surface area contributed by atoms with Crippen molar-refractivity contribution in [3.05, 3.63) is 11.6 Å². The third kappa shape index (κ3) is 3.89. The van der Waals surface area contributed by atoms with Crippen molar-refractivity contribution >= 4 is 0 Å². The number of allylic oxidation sites excluding steroid dienone is 1. The fourth-order valence-corrected chi connectivity index (χ4v) is 2.48. The van der Waals surface area contributed by atoms with E-state index in [0.717, 1.165) is 12.8 Å². The molecule has 0 saturated heterocycles. The lowest BCUT2D eigenvalue weighted by atomic mass is 9.95. The molecule has 16 heavy (non-hydrogen) atoms. The van der Waals surface area contributed by atoms with Crippen molar-refractivity contribution in [3.8, 4) is 0 Å². The Morgan fingerprint density at radius 2 is 2.25 bits per heavy atom. The minimum atomic E-state index is 0.197. The van der Waals surface area contributed by atoms with Crippen LogP contribution in [0.1, 0.15) is 51.9 Å². The summed E-state index contributed by atoms with van der Waals surface area (Å²) in [6.07, 6.45) is 11.0. The second kappa shape index (κ2) is 7.82. The minimum absolute atomic E-state index is 0.197. The van der Waals surface area contributed by atoms with Gasteiger partial charge in [-0.1, -0.05) is 31.4 Å². The number of hydrogen-bond acceptors (Lipinski definition) is 3. The number of ether oxygens (including phenoxy) is 1. The highest BCUT2D eigenvalue weighted by Crippen LogP contribution is 2.23. The standard InChI is InChI=1S/C13H26N2O/c1-3-8-12(16-2)13(15-14)11-9-6-4-5-7-10-11/h9,12-13,15H,3-8,10,14H2,1-2H3. The third-order valence-electron chi connectivity index (χ3n) is 3.40. The molecule has 0 heterocycles. The normalized spacial score (nSPS) is 21.1. The van der Waals surface area contributed by atoms with Gasteiger partial charge in [-0.05, 0) is 32.1 Å². The summed E-state index contributed by atoms with van der Waals surface area (Å²) in [6.45, 7) is 2.18. The zero-order chi connectivity index (χ0) is 11.8. The van der Waals surface area contributed by atoms with Crippen LogP contribution in [-0.2, 0) is 4.74 Å². The highest BCUT2D eigenvalue weighted by atomic mass is 16.5. The summed E-state index contributed by atoms with van der Waals surface area (Å²) in [5, 5.41) is 0. The number of methoxy groups -OCH3 is 1. The average Bonchev–Trinajstić information content (AvgIpc) is 2.58. The van der Waals surface area contributed by atoms with Gasteiger partial charge in [0.15, 0.2) is 0 Å². The van der Waals surface area contributed by atoms with Crippen LogP contribution in [0.15, 0.2) is 11.6 Å². The van der Waals surface area contributed by atoms with Crippen molar-refractivity contribution in [2.75, 3.05) is 7.11 Å². The molecule has 0 aromatic rings. The number of rotatable bonds is 6. The van der Waals surface area contributed by atoms with Crippen LogP contribution in [0.2, 0.25) is 0 Å². The van der Waals surface area contributed by atoms with Gasteiger partial charge in [0.25, 0.3) is 0 Å². The van der Waals surface area contributed by atoms with Gasteiger partial charge in [0.1, 0.15) is 0 Å². The second-order valence-electron chi connectivity index (χ2n) is 4.59. The van der Waals surface area contributed by atoms with Crippen LogP contribution in [0, 0.1) is 0 Å². The Morgan fingerprint density at radius 1 is 1.44 bits per heavy atom. The molecular weight excluding hydrogens is 200 g/mol. The van der Waals surface area contributed by atoms with Crippen molar-refractivity contribution < 1.29 is 4.74 Å². The van der Waals surface area contributed by atoms with Gasteiger partial charge in [0.2, 0.25) is 0 Å². The van der Waals surface area contributed by atoms with E-state index >= 15 is 0 Å². The quantitative estimate of drug-likeness (QED) is 0.415. The monoisotopic (exact) mass is 226 g/mol. The van der Waals surface area contributed by atoms with Crippen molar-refractivity contribution in [1.29, 1.82) is 0 Å². The highest BCUT2D eigenvalue weighted by Gasteiger charge is 2.23. The van der Waals surface area contributed by atoms with E-state index < -0.39 is 0 Å². The molecule has 1 aliphatic rings. The van der Waals surface area contributed by atoms with E-state index in [4.69, 9.17) is 10.6 Å². The van der Waals surface area contributed by atoms with Crippen molar-refractivity contribution in [2.24, 2.45) is 5.84 Å². The average molecular weight is 226 g/mol. The molecule has 0 aromatic heterocycles. The number of nitrogens with two attached hydrogens (primary N) is 1. The van der Waals surface area contributed by atoms with Crippen molar-refractivity contribution in [2.45, 2.75) is 64.0 Å². The highest BCUT2D eigenvalue weighted by molar-refractivity contribution is 5.14. The molecule has 0 amide bonds. The molecular formula is C13H26N2O. The van der Waals surface area contributed by atoms with E-state index in [2.05, 4.69) is 18.4 Å². The van der Waals surface area contributed by atoms with E-state index in [1.54, 1.807) is 7.11 Å². The Bertz CT molecular complexity index is 216. The summed E-state index contributed by atoms with van der Waals surface area (Å²) in [5.41, 5.74) is 4.39. The molecule has 0 spiro atoms. The molecule has 3 nitrogen and oxygen atoms in total. The van der Waals surface area contributed by atoms with Gasteiger partial charge in [-0.2, -0.15) is 0 Å². The smallest absolute Gasteiger partial charge is 0.0775 e. The minimum Gasteiger partial charge on any atom is -0.379 e. The van der Waals surface area contributed by atoms with Crippen LogP contribution in [0.5, 0.6) is 0 Å². The van der Waals surface area contributed by atoms with Crippen molar-refractivity contribution in [3.63, 3.8) is 0 Å². The van der Waals surface area contributed by atoms with Gasteiger partial charge >= 0.3 is 0 Å². The van der Waals surface area contributed by atoms with Gasteiger partial charge in [0.05, 0.1) is 12.1 Å². The molecule has 1 aliphatic carbocycles. The maximum absolute atomic E-state index is 5.69. The molecule has 0 aromatic carbocycles. The molecule has 0 saturated carbocycles. The van der Waals surface area contributed by atoms with Gasteiger partial charge in [-0.15, -0.1) is 0 Å². The van der Waals surface area contributed by atoms with Gasteiger partial charge in [-0.3, -0.25) is 11.3 Å². The first-order valence-electron chi connectivity index (χ1n) is 6.51. The zero-order valence-corrected chi connectivity index (χ0v) is 10.7. The molecule has 94 valence electrons. The maximum Gasteiger partial charge on any atom is 0.0775 e. The molecule has 0 radical (unpaired) electrons. The van der Waals surface area contributed by atoms with E-state index in [0.29, 0.717) is 0 Å². The Morgan fingerprint density at radius 3 is 2.88 bits per heavy atom. The van der Waals surface area contributed by atoms with Crippen LogP contribution in [0.3, 0.4) is 0 Å². The van der Waals surface area contributed by atoms with Crippen LogP contribution in [0.4, 0.5) is 0 Å². The lowest BCUT2D eigenvalue weighted by molar-refractivity contribution is 0.0702. The Labute approximate surface area is 99.4 Å². The Kier molecular flexibility index (Phi) is 6.69. The summed E-state index contributed by atoms with van der Waals surface area (Å²) in [4.78, 5) is 0. The number of hydrazine groups is 1. The van der Waals surface area contributed by atoms with Crippen LogP contribution < -0.4 is 11.3 Å². The fourth-order valence-electron chi connectivity index (χ4n) is 2.48. The lowest BCUT2D eigenvalue weighted by Gasteiger charge is -2.27. The summed E-state index contributed by atoms with van der Waals surface area (Å²) in [5.74, 6) is 5.69. The van der Waals surface area contributed by atoms with Gasteiger partial charge in [-0.25, -0.2) is 0 Å². The van der Waals surface area contributed by atoms with E-state index in [-0.39, 0.29) is 12.1 Å². The van der Waals surface area contributed by atoms with Crippen LogP contribution in [-0.4, -0.2) is 19.3 Å². The van der Waals surface area contributed by atoms with Crippen LogP contribution in [0.25, 0.3) is 0 Å². The largest absolute Gasteiger partial charge is 0.379 e. The first kappa shape index (κ1) is 13.7. The summed E-state index contributed by atoms with van der Waals surface area (Å²) < 4.78 is 5.55. The maximum atomic E-state index is 5.69. The summed E-state index contributed by atoms with van der Waals surface area (Å²) in [6, 6.07) is 0.197. The molecule has 0 fully saturated rings. The first-order chi connectivity index (χ1) is 7.83. The second-order valence-corrected chi connectivity index (χ2v) is 4.59. The SMILES string of the molecule is CCCC(OC)C(NN)C1=CCCCCC1. The van der Waals surface area contributed by atoms with Gasteiger partial charge < -0.3 is 4.74 Å². The third-order valence-corrected chi connectivity index (χ3v) is 3.40. The Hall–Kier alpha value is -0.380.